The van der Waals surface area contributed by atoms with Gasteiger partial charge < -0.3 is 24.3 Å². The van der Waals surface area contributed by atoms with Gasteiger partial charge in [-0.3, -0.25) is 4.79 Å². The van der Waals surface area contributed by atoms with Crippen LogP contribution < -0.4 is 14.8 Å². The second-order valence-corrected chi connectivity index (χ2v) is 11.3. The highest BCUT2D eigenvalue weighted by atomic mass is 19.4. The number of methoxy groups -OCH3 is 1. The predicted molar refractivity (Wildman–Crippen MR) is 142 cm³/mol. The average Bonchev–Trinajstić information content (AvgIpc) is 2.87. The third-order valence-corrected chi connectivity index (χ3v) is 7.55. The first-order valence-electron chi connectivity index (χ1n) is 13.1. The van der Waals surface area contributed by atoms with E-state index in [1.54, 1.807) is 27.7 Å². The third-order valence-electron chi connectivity index (χ3n) is 7.55. The molecule has 3 aliphatic carbocycles. The third kappa shape index (κ3) is 6.05. The molecule has 3 aliphatic rings. The van der Waals surface area contributed by atoms with Gasteiger partial charge in [0, 0.05) is 5.56 Å². The highest BCUT2D eigenvalue weighted by molar-refractivity contribution is 5.93. The second-order valence-electron chi connectivity index (χ2n) is 11.3. The van der Waals surface area contributed by atoms with E-state index in [0.717, 1.165) is 5.56 Å². The summed E-state index contributed by atoms with van der Waals surface area (Å²) in [6.07, 6.45) is -4.44. The maximum atomic E-state index is 13.6. The molecule has 5 rings (SSSR count). The number of hydrogen-bond acceptors (Lipinski definition) is 6. The van der Waals surface area contributed by atoms with Crippen LogP contribution in [0.15, 0.2) is 54.1 Å². The molecule has 1 N–H and O–H groups in total. The average molecular weight is 562 g/mol. The highest BCUT2D eigenvalue weighted by Crippen LogP contribution is 2.60. The van der Waals surface area contributed by atoms with Gasteiger partial charge in [0.1, 0.15) is 23.7 Å². The zero-order valence-corrected chi connectivity index (χ0v) is 23.2. The molecular formula is C30H34F3NO6. The largest absolute Gasteiger partial charge is 0.573 e. The van der Waals surface area contributed by atoms with Gasteiger partial charge in [-0.15, -0.1) is 13.2 Å². The molecule has 2 aromatic rings. The van der Waals surface area contributed by atoms with E-state index in [2.05, 4.69) is 10.1 Å². The lowest BCUT2D eigenvalue weighted by Gasteiger charge is -2.54. The minimum absolute atomic E-state index is 0.0181. The summed E-state index contributed by atoms with van der Waals surface area (Å²) < 4.78 is 61.5. The van der Waals surface area contributed by atoms with Crippen LogP contribution in [0.4, 0.5) is 18.0 Å². The molecule has 0 radical (unpaired) electrons. The van der Waals surface area contributed by atoms with Gasteiger partial charge in [0.25, 0.3) is 0 Å². The first kappa shape index (κ1) is 29.3. The Bertz CT molecular complexity index is 1290. The van der Waals surface area contributed by atoms with E-state index in [0.29, 0.717) is 29.7 Å². The molecule has 0 atom stereocenters. The number of benzene rings is 2. The topological polar surface area (TPSA) is 83.1 Å². The molecule has 216 valence electrons. The number of alkyl halides is 3. The summed E-state index contributed by atoms with van der Waals surface area (Å²) >= 11 is 0. The first-order valence-corrected chi connectivity index (χ1v) is 13.1. The smallest absolute Gasteiger partial charge is 0.497 e. The molecule has 0 unspecified atom stereocenters. The number of alkyl carbamates (subject to hydrolysis) is 1. The number of fused-ring (bicyclic) bond motifs is 2. The lowest BCUT2D eigenvalue weighted by Crippen LogP contribution is -2.59. The maximum absolute atomic E-state index is 13.6. The Kier molecular flexibility index (Phi) is 7.84. The van der Waals surface area contributed by atoms with Crippen LogP contribution >= 0.6 is 0 Å². The molecule has 0 aliphatic heterocycles. The number of esters is 1. The zero-order chi connectivity index (χ0) is 29.3. The Hall–Kier alpha value is -3.69. The summed E-state index contributed by atoms with van der Waals surface area (Å²) in [4.78, 5) is 26.7. The molecule has 0 heterocycles. The van der Waals surface area contributed by atoms with Crippen LogP contribution in [0.5, 0.6) is 11.5 Å². The Morgan fingerprint density at radius 3 is 2.20 bits per heavy atom. The molecule has 0 aromatic heterocycles. The molecular weight excluding hydrogens is 527 g/mol. The first-order chi connectivity index (χ1) is 18.7. The van der Waals surface area contributed by atoms with E-state index in [1.807, 2.05) is 30.3 Å². The van der Waals surface area contributed by atoms with Crippen molar-refractivity contribution in [2.75, 3.05) is 7.11 Å². The van der Waals surface area contributed by atoms with Crippen LogP contribution in [-0.2, 0) is 20.9 Å². The second kappa shape index (κ2) is 10.7. The summed E-state index contributed by atoms with van der Waals surface area (Å²) in [5.41, 5.74) is -1.21. The van der Waals surface area contributed by atoms with E-state index in [4.69, 9.17) is 14.2 Å². The fraction of sp³-hybridized carbons (Fsp3) is 0.467. The molecule has 7 nitrogen and oxygen atoms in total. The van der Waals surface area contributed by atoms with Crippen molar-refractivity contribution in [2.45, 2.75) is 77.5 Å². The van der Waals surface area contributed by atoms with Crippen LogP contribution in [0.3, 0.4) is 0 Å². The van der Waals surface area contributed by atoms with E-state index in [-0.39, 0.29) is 25.0 Å². The van der Waals surface area contributed by atoms with Crippen molar-refractivity contribution >= 4 is 17.6 Å². The lowest BCUT2D eigenvalue weighted by atomic mass is 9.53. The normalized spacial score (nSPS) is 22.5. The summed E-state index contributed by atoms with van der Waals surface area (Å²) in [5, 5.41) is 2.95. The number of carbonyl (C=O) groups excluding carboxylic acids is 2. The van der Waals surface area contributed by atoms with Crippen LogP contribution in [0.1, 0.15) is 64.5 Å². The minimum Gasteiger partial charge on any atom is -0.497 e. The zero-order valence-electron chi connectivity index (χ0n) is 23.2. The van der Waals surface area contributed by atoms with Gasteiger partial charge in [-0.2, -0.15) is 0 Å². The predicted octanol–water partition coefficient (Wildman–Crippen LogP) is 6.95. The monoisotopic (exact) mass is 561 g/mol. The van der Waals surface area contributed by atoms with Crippen LogP contribution in [0.2, 0.25) is 0 Å². The molecule has 10 heteroatoms. The minimum atomic E-state index is -4.97. The van der Waals surface area contributed by atoms with Gasteiger partial charge in [-0.1, -0.05) is 30.3 Å². The summed E-state index contributed by atoms with van der Waals surface area (Å²) in [5.74, 6) is -0.621. The maximum Gasteiger partial charge on any atom is 0.573 e. The van der Waals surface area contributed by atoms with Crippen molar-refractivity contribution in [1.29, 1.82) is 0 Å². The van der Waals surface area contributed by atoms with Crippen molar-refractivity contribution < 1.29 is 41.7 Å². The molecule has 1 amide bonds. The van der Waals surface area contributed by atoms with Gasteiger partial charge in [0.15, 0.2) is 0 Å². The molecule has 0 spiro atoms. The quantitative estimate of drug-likeness (QED) is 0.369. The SMILES string of the molecule is COc1ccc(OC(F)(F)F)c(C2=C(C)C3(C(=O)OC(C)(C)C)CCC2(NC(=O)OCc2ccccc2)CC3)c1. The van der Waals surface area contributed by atoms with Gasteiger partial charge >= 0.3 is 18.4 Å². The number of amides is 1. The number of nitrogens with one attached hydrogen (secondary N) is 1. The van der Waals surface area contributed by atoms with Crippen molar-refractivity contribution in [3.05, 3.63) is 65.2 Å². The van der Waals surface area contributed by atoms with E-state index >= 15 is 0 Å². The molecule has 1 saturated carbocycles. The number of carbonyl (C=O) groups is 2. The fourth-order valence-electron chi connectivity index (χ4n) is 5.71. The summed E-state index contributed by atoms with van der Waals surface area (Å²) in [7, 11) is 1.40. The Labute approximate surface area is 231 Å². The van der Waals surface area contributed by atoms with Crippen molar-refractivity contribution in [3.8, 4) is 11.5 Å². The fourth-order valence-corrected chi connectivity index (χ4v) is 5.71. The molecule has 1 fully saturated rings. The van der Waals surface area contributed by atoms with Crippen LogP contribution in [0.25, 0.3) is 5.57 Å². The van der Waals surface area contributed by atoms with Crippen LogP contribution in [0, 0.1) is 5.41 Å². The Morgan fingerprint density at radius 2 is 1.62 bits per heavy atom. The standard InChI is InChI=1S/C30H34F3NO6/c1-19-24(22-17-21(37-5)11-12-23(22)39-30(31,32)33)29(34-26(36)38-18-20-9-7-6-8-10-20)15-13-28(19,14-16-29)25(35)40-27(2,3)4/h6-12,17H,13-16,18H2,1-5H3,(H,34,36). The van der Waals surface area contributed by atoms with Crippen LogP contribution in [-0.4, -0.2) is 36.7 Å². The van der Waals surface area contributed by atoms with E-state index in [1.165, 1.54) is 25.3 Å². The van der Waals surface area contributed by atoms with E-state index in [9.17, 15) is 22.8 Å². The number of hydrogen-bond donors (Lipinski definition) is 1. The lowest BCUT2D eigenvalue weighted by molar-refractivity contribution is -0.274. The Morgan fingerprint density at radius 1 is 0.975 bits per heavy atom. The van der Waals surface area contributed by atoms with Gasteiger partial charge in [-0.05, 0) is 88.3 Å². The summed E-state index contributed by atoms with van der Waals surface area (Å²) in [6.45, 7) is 7.02. The summed E-state index contributed by atoms with van der Waals surface area (Å²) in [6, 6.07) is 13.1. The Balaban J connectivity index is 1.81. The number of ether oxygens (including phenoxy) is 4. The van der Waals surface area contributed by atoms with Gasteiger partial charge in [0.05, 0.1) is 18.1 Å². The van der Waals surface area contributed by atoms with Gasteiger partial charge in [-0.25, -0.2) is 4.79 Å². The molecule has 0 saturated heterocycles. The number of halogens is 3. The van der Waals surface area contributed by atoms with Gasteiger partial charge in [0.2, 0.25) is 0 Å². The van der Waals surface area contributed by atoms with Crippen molar-refractivity contribution in [3.63, 3.8) is 0 Å². The van der Waals surface area contributed by atoms with Crippen molar-refractivity contribution in [1.82, 2.24) is 5.32 Å². The molecule has 40 heavy (non-hydrogen) atoms. The van der Waals surface area contributed by atoms with E-state index < -0.39 is 40.7 Å². The number of rotatable bonds is 7. The molecule has 2 aromatic carbocycles. The molecule has 2 bridgehead atoms. The van der Waals surface area contributed by atoms with Crippen molar-refractivity contribution in [2.24, 2.45) is 5.41 Å². The highest BCUT2D eigenvalue weighted by Gasteiger charge is 2.58.